The lowest BCUT2D eigenvalue weighted by Crippen LogP contribution is -1.92. The highest BCUT2D eigenvalue weighted by molar-refractivity contribution is 5.78. The first-order valence-electron chi connectivity index (χ1n) is 6.97. The number of rotatable bonds is 2. The standard InChI is InChI=1S/C18H18N2/c1-12(2)15-9-13(3)10-16(11-15)17-7-6-14-5-4-8-19-18(14)20-17/h4-12H,1-3H3. The summed E-state index contributed by atoms with van der Waals surface area (Å²) in [5.41, 5.74) is 5.58. The molecule has 0 bridgehead atoms. The lowest BCUT2D eigenvalue weighted by Gasteiger charge is -2.10. The van der Waals surface area contributed by atoms with Gasteiger partial charge in [-0.3, -0.25) is 0 Å². The minimum Gasteiger partial charge on any atom is -0.237 e. The Morgan fingerprint density at radius 2 is 1.85 bits per heavy atom. The molecule has 0 saturated carbocycles. The Hall–Kier alpha value is -2.22. The number of benzene rings is 1. The average molecular weight is 262 g/mol. The van der Waals surface area contributed by atoms with Crippen molar-refractivity contribution >= 4 is 11.0 Å². The van der Waals surface area contributed by atoms with Gasteiger partial charge in [0, 0.05) is 17.1 Å². The molecule has 0 spiro atoms. The van der Waals surface area contributed by atoms with E-state index in [4.69, 9.17) is 0 Å². The van der Waals surface area contributed by atoms with Crippen LogP contribution in [-0.4, -0.2) is 9.97 Å². The molecule has 0 atom stereocenters. The molecule has 100 valence electrons. The molecule has 3 rings (SSSR count). The molecule has 2 aromatic heterocycles. The molecule has 0 radical (unpaired) electrons. The van der Waals surface area contributed by atoms with E-state index in [9.17, 15) is 0 Å². The van der Waals surface area contributed by atoms with Gasteiger partial charge in [-0.15, -0.1) is 0 Å². The molecule has 0 aliphatic rings. The van der Waals surface area contributed by atoms with Gasteiger partial charge in [0.1, 0.15) is 0 Å². The number of fused-ring (bicyclic) bond motifs is 1. The second kappa shape index (κ2) is 5.04. The monoisotopic (exact) mass is 262 g/mol. The number of hydrogen-bond donors (Lipinski definition) is 0. The quantitative estimate of drug-likeness (QED) is 0.667. The summed E-state index contributed by atoms with van der Waals surface area (Å²) in [7, 11) is 0. The van der Waals surface area contributed by atoms with E-state index in [-0.39, 0.29) is 0 Å². The molecule has 2 nitrogen and oxygen atoms in total. The Kier molecular flexibility index (Phi) is 3.23. The Balaban J connectivity index is 2.15. The molecule has 3 aromatic rings. The van der Waals surface area contributed by atoms with Crippen LogP contribution in [0.4, 0.5) is 0 Å². The van der Waals surface area contributed by atoms with Crippen molar-refractivity contribution in [2.45, 2.75) is 26.7 Å². The fraction of sp³-hybridized carbons (Fsp3) is 0.222. The van der Waals surface area contributed by atoms with E-state index in [2.05, 4.69) is 61.1 Å². The van der Waals surface area contributed by atoms with E-state index >= 15 is 0 Å². The number of pyridine rings is 2. The maximum atomic E-state index is 4.68. The molecule has 0 unspecified atom stereocenters. The Bertz CT molecular complexity index is 760. The lowest BCUT2D eigenvalue weighted by atomic mass is 9.97. The van der Waals surface area contributed by atoms with Gasteiger partial charge in [-0.1, -0.05) is 25.5 Å². The van der Waals surface area contributed by atoms with Gasteiger partial charge < -0.3 is 0 Å². The van der Waals surface area contributed by atoms with Crippen LogP contribution in [0.15, 0.2) is 48.7 Å². The van der Waals surface area contributed by atoms with Gasteiger partial charge in [-0.2, -0.15) is 0 Å². The average Bonchev–Trinajstić information content (AvgIpc) is 2.46. The normalized spacial score (nSPS) is 11.2. The molecule has 0 N–H and O–H groups in total. The minimum atomic E-state index is 0.521. The van der Waals surface area contributed by atoms with Crippen LogP contribution in [0.2, 0.25) is 0 Å². The lowest BCUT2D eigenvalue weighted by molar-refractivity contribution is 0.865. The summed E-state index contributed by atoms with van der Waals surface area (Å²) < 4.78 is 0. The topological polar surface area (TPSA) is 25.8 Å². The van der Waals surface area contributed by atoms with E-state index in [1.165, 1.54) is 16.7 Å². The smallest absolute Gasteiger partial charge is 0.159 e. The molecule has 20 heavy (non-hydrogen) atoms. The number of aryl methyl sites for hydroxylation is 1. The van der Waals surface area contributed by atoms with Crippen molar-refractivity contribution in [3.05, 3.63) is 59.8 Å². The van der Waals surface area contributed by atoms with Crippen LogP contribution >= 0.6 is 0 Å². The third kappa shape index (κ3) is 2.42. The molecule has 0 amide bonds. The van der Waals surface area contributed by atoms with Crippen molar-refractivity contribution in [3.8, 4) is 11.3 Å². The third-order valence-corrected chi connectivity index (χ3v) is 3.53. The van der Waals surface area contributed by atoms with Gasteiger partial charge in [0.2, 0.25) is 0 Å². The zero-order chi connectivity index (χ0) is 14.1. The number of aromatic nitrogens is 2. The Morgan fingerprint density at radius 3 is 2.65 bits per heavy atom. The van der Waals surface area contributed by atoms with Crippen molar-refractivity contribution in [2.24, 2.45) is 0 Å². The van der Waals surface area contributed by atoms with Gasteiger partial charge in [-0.25, -0.2) is 9.97 Å². The molecule has 1 aromatic carbocycles. The van der Waals surface area contributed by atoms with E-state index in [0.717, 1.165) is 16.7 Å². The first-order chi connectivity index (χ1) is 9.63. The van der Waals surface area contributed by atoms with Gasteiger partial charge in [0.15, 0.2) is 5.65 Å². The molecule has 0 aliphatic carbocycles. The van der Waals surface area contributed by atoms with Crippen LogP contribution in [0.5, 0.6) is 0 Å². The van der Waals surface area contributed by atoms with Crippen molar-refractivity contribution in [1.82, 2.24) is 9.97 Å². The van der Waals surface area contributed by atoms with Crippen molar-refractivity contribution in [1.29, 1.82) is 0 Å². The molecular formula is C18H18N2. The zero-order valence-corrected chi connectivity index (χ0v) is 12.1. The first kappa shape index (κ1) is 12.8. The van der Waals surface area contributed by atoms with Crippen LogP contribution in [-0.2, 0) is 0 Å². The maximum absolute atomic E-state index is 4.68. The van der Waals surface area contributed by atoms with Gasteiger partial charge >= 0.3 is 0 Å². The summed E-state index contributed by atoms with van der Waals surface area (Å²) >= 11 is 0. The van der Waals surface area contributed by atoms with Crippen LogP contribution in [0, 0.1) is 6.92 Å². The Labute approximate surface area is 119 Å². The summed E-state index contributed by atoms with van der Waals surface area (Å²) in [5.74, 6) is 0.521. The third-order valence-electron chi connectivity index (χ3n) is 3.53. The second-order valence-corrected chi connectivity index (χ2v) is 5.53. The fourth-order valence-corrected chi connectivity index (χ4v) is 2.41. The van der Waals surface area contributed by atoms with Gasteiger partial charge in [-0.05, 0) is 54.8 Å². The summed E-state index contributed by atoms with van der Waals surface area (Å²) in [6, 6.07) is 14.8. The van der Waals surface area contributed by atoms with Gasteiger partial charge in [0.05, 0.1) is 5.69 Å². The Morgan fingerprint density at radius 1 is 1.00 bits per heavy atom. The van der Waals surface area contributed by atoms with Crippen molar-refractivity contribution in [2.75, 3.05) is 0 Å². The van der Waals surface area contributed by atoms with E-state index < -0.39 is 0 Å². The van der Waals surface area contributed by atoms with Crippen LogP contribution in [0.3, 0.4) is 0 Å². The van der Waals surface area contributed by atoms with Crippen LogP contribution in [0.1, 0.15) is 30.9 Å². The fourth-order valence-electron chi connectivity index (χ4n) is 2.41. The second-order valence-electron chi connectivity index (χ2n) is 5.53. The summed E-state index contributed by atoms with van der Waals surface area (Å²) in [4.78, 5) is 9.01. The van der Waals surface area contributed by atoms with E-state index in [1.807, 2.05) is 12.1 Å². The molecule has 0 aliphatic heterocycles. The van der Waals surface area contributed by atoms with Crippen molar-refractivity contribution < 1.29 is 0 Å². The largest absolute Gasteiger partial charge is 0.237 e. The minimum absolute atomic E-state index is 0.521. The first-order valence-corrected chi connectivity index (χ1v) is 6.97. The molecule has 2 heteroatoms. The molecule has 0 saturated heterocycles. The highest BCUT2D eigenvalue weighted by atomic mass is 14.8. The zero-order valence-electron chi connectivity index (χ0n) is 12.1. The molecule has 0 fully saturated rings. The predicted octanol–water partition coefficient (Wildman–Crippen LogP) is 4.73. The van der Waals surface area contributed by atoms with Crippen LogP contribution in [0.25, 0.3) is 22.3 Å². The summed E-state index contributed by atoms with van der Waals surface area (Å²) in [6.45, 7) is 6.57. The van der Waals surface area contributed by atoms with Crippen LogP contribution < -0.4 is 0 Å². The molecule has 2 heterocycles. The summed E-state index contributed by atoms with van der Waals surface area (Å²) in [6.07, 6.45) is 1.79. The number of nitrogens with zero attached hydrogens (tertiary/aromatic N) is 2. The highest BCUT2D eigenvalue weighted by Crippen LogP contribution is 2.25. The number of hydrogen-bond acceptors (Lipinski definition) is 2. The van der Waals surface area contributed by atoms with Crippen molar-refractivity contribution in [3.63, 3.8) is 0 Å². The SMILES string of the molecule is Cc1cc(-c2ccc3cccnc3n2)cc(C(C)C)c1. The maximum Gasteiger partial charge on any atom is 0.159 e. The highest BCUT2D eigenvalue weighted by Gasteiger charge is 2.06. The predicted molar refractivity (Wildman–Crippen MR) is 83.8 cm³/mol. The van der Waals surface area contributed by atoms with E-state index in [0.29, 0.717) is 5.92 Å². The summed E-state index contributed by atoms with van der Waals surface area (Å²) in [5, 5.41) is 1.08. The van der Waals surface area contributed by atoms with E-state index in [1.54, 1.807) is 6.20 Å². The van der Waals surface area contributed by atoms with Gasteiger partial charge in [0.25, 0.3) is 0 Å². The molecular weight excluding hydrogens is 244 g/mol.